The molecular weight excluding hydrogens is 334 g/mol. The number of halogens is 1. The minimum Gasteiger partial charge on any atom is -0.496 e. The third-order valence-corrected chi connectivity index (χ3v) is 5.30. The van der Waals surface area contributed by atoms with Gasteiger partial charge in [0.1, 0.15) is 17.1 Å². The van der Waals surface area contributed by atoms with Crippen LogP contribution in [0.15, 0.2) is 18.2 Å². The molecule has 5 heteroatoms. The van der Waals surface area contributed by atoms with Crippen molar-refractivity contribution in [3.63, 3.8) is 0 Å². The number of ether oxygens (including phenoxy) is 2. The highest BCUT2D eigenvalue weighted by molar-refractivity contribution is 9.09. The molecule has 2 aliphatic rings. The molecule has 1 aromatic rings. The lowest BCUT2D eigenvalue weighted by Crippen LogP contribution is -2.47. The molecule has 0 radical (unpaired) electrons. The van der Waals surface area contributed by atoms with Crippen LogP contribution in [0, 0.1) is 0 Å². The smallest absolute Gasteiger partial charge is 0.261 e. The maximum atomic E-state index is 13.1. The zero-order valence-electron chi connectivity index (χ0n) is 12.3. The van der Waals surface area contributed by atoms with Gasteiger partial charge in [0.15, 0.2) is 0 Å². The number of rotatable bonds is 3. The maximum Gasteiger partial charge on any atom is 0.261 e. The van der Waals surface area contributed by atoms with Crippen molar-refractivity contribution < 1.29 is 14.3 Å². The number of nitrogens with zero attached hydrogens (tertiary/aromatic N) is 1. The van der Waals surface area contributed by atoms with Crippen LogP contribution >= 0.6 is 15.9 Å². The molecule has 2 saturated heterocycles. The van der Waals surface area contributed by atoms with Crippen LogP contribution in [0.3, 0.4) is 0 Å². The van der Waals surface area contributed by atoms with Crippen LogP contribution in [0.2, 0.25) is 0 Å². The Balaban J connectivity index is 1.96. The molecule has 0 N–H and O–H groups in total. The van der Waals surface area contributed by atoms with Crippen LogP contribution in [0.4, 0.5) is 0 Å². The molecule has 114 valence electrons. The number of hydrogen-bond acceptors (Lipinski definition) is 3. The molecule has 1 aromatic carbocycles. The first-order valence-electron chi connectivity index (χ1n) is 7.33. The van der Waals surface area contributed by atoms with Gasteiger partial charge < -0.3 is 14.4 Å². The minimum absolute atomic E-state index is 0.0381. The molecule has 0 aliphatic carbocycles. The highest BCUT2D eigenvalue weighted by atomic mass is 79.9. The van der Waals surface area contributed by atoms with E-state index in [4.69, 9.17) is 9.47 Å². The average Bonchev–Trinajstić information content (AvgIpc) is 2.77. The third-order valence-electron chi connectivity index (χ3n) is 4.55. The van der Waals surface area contributed by atoms with Crippen LogP contribution < -0.4 is 9.47 Å². The van der Waals surface area contributed by atoms with Gasteiger partial charge in [0, 0.05) is 16.9 Å². The number of carbonyl (C=O) groups excluding carboxylic acids is 1. The first-order chi connectivity index (χ1) is 10.2. The monoisotopic (exact) mass is 353 g/mol. The van der Waals surface area contributed by atoms with Crippen molar-refractivity contribution in [2.45, 2.75) is 42.6 Å². The fraction of sp³-hybridized carbons (Fsp3) is 0.562. The highest BCUT2D eigenvalue weighted by Crippen LogP contribution is 2.41. The number of alkyl halides is 1. The minimum atomic E-state index is 0.0381. The predicted molar refractivity (Wildman–Crippen MR) is 84.5 cm³/mol. The molecule has 2 atom stereocenters. The summed E-state index contributed by atoms with van der Waals surface area (Å²) in [6.45, 7) is 0. The van der Waals surface area contributed by atoms with Crippen molar-refractivity contribution in [3.8, 4) is 11.5 Å². The Kier molecular flexibility index (Phi) is 4.11. The van der Waals surface area contributed by atoms with Gasteiger partial charge in [-0.2, -0.15) is 0 Å². The number of fused-ring (bicyclic) bond motifs is 2. The summed E-state index contributed by atoms with van der Waals surface area (Å²) in [6, 6.07) is 6.13. The van der Waals surface area contributed by atoms with Crippen molar-refractivity contribution in [1.82, 2.24) is 4.90 Å². The molecule has 3 rings (SSSR count). The number of amides is 1. The second kappa shape index (κ2) is 5.87. The van der Waals surface area contributed by atoms with E-state index < -0.39 is 0 Å². The summed E-state index contributed by atoms with van der Waals surface area (Å²) in [5, 5.41) is 0. The highest BCUT2D eigenvalue weighted by Gasteiger charge is 2.43. The molecule has 2 aliphatic heterocycles. The Morgan fingerprint density at radius 3 is 2.14 bits per heavy atom. The first kappa shape index (κ1) is 14.7. The second-order valence-corrected chi connectivity index (χ2v) is 7.00. The topological polar surface area (TPSA) is 38.8 Å². The molecule has 4 nitrogen and oxygen atoms in total. The van der Waals surface area contributed by atoms with Gasteiger partial charge in [0.2, 0.25) is 0 Å². The fourth-order valence-corrected chi connectivity index (χ4v) is 4.50. The van der Waals surface area contributed by atoms with Crippen LogP contribution in [0.1, 0.15) is 36.0 Å². The standard InChI is InChI=1S/C16H20BrNO3/c1-20-13-4-3-5-14(21-2)15(13)16(19)18-11-6-7-12(18)9-10(17)8-11/h3-5,10-12H,6-9H2,1-2H3. The summed E-state index contributed by atoms with van der Waals surface area (Å²) < 4.78 is 10.8. The van der Waals surface area contributed by atoms with E-state index in [0.717, 1.165) is 25.7 Å². The van der Waals surface area contributed by atoms with Crippen molar-refractivity contribution >= 4 is 21.8 Å². The summed E-state index contributed by atoms with van der Waals surface area (Å²) in [4.78, 5) is 15.7. The van der Waals surface area contributed by atoms with Gasteiger partial charge in [0.25, 0.3) is 5.91 Å². The Morgan fingerprint density at radius 2 is 1.67 bits per heavy atom. The van der Waals surface area contributed by atoms with E-state index >= 15 is 0 Å². The Morgan fingerprint density at radius 1 is 1.14 bits per heavy atom. The summed E-state index contributed by atoms with van der Waals surface area (Å²) in [6.07, 6.45) is 4.24. The van der Waals surface area contributed by atoms with Crippen LogP contribution in [0.25, 0.3) is 0 Å². The number of methoxy groups -OCH3 is 2. The maximum absolute atomic E-state index is 13.1. The quantitative estimate of drug-likeness (QED) is 0.783. The van der Waals surface area contributed by atoms with Crippen LogP contribution in [-0.4, -0.2) is 41.9 Å². The van der Waals surface area contributed by atoms with Crippen molar-refractivity contribution in [1.29, 1.82) is 0 Å². The molecule has 2 bridgehead atoms. The lowest BCUT2D eigenvalue weighted by molar-refractivity contribution is 0.0596. The zero-order chi connectivity index (χ0) is 15.0. The zero-order valence-corrected chi connectivity index (χ0v) is 13.9. The lowest BCUT2D eigenvalue weighted by Gasteiger charge is -2.37. The van der Waals surface area contributed by atoms with E-state index in [-0.39, 0.29) is 5.91 Å². The van der Waals surface area contributed by atoms with Gasteiger partial charge in [-0.15, -0.1) is 0 Å². The molecule has 0 spiro atoms. The summed E-state index contributed by atoms with van der Waals surface area (Å²) in [7, 11) is 3.18. The van der Waals surface area contributed by atoms with Gasteiger partial charge in [-0.05, 0) is 37.8 Å². The summed E-state index contributed by atoms with van der Waals surface area (Å²) >= 11 is 3.71. The number of hydrogen-bond donors (Lipinski definition) is 0. The summed E-state index contributed by atoms with van der Waals surface area (Å²) in [5.41, 5.74) is 0.549. The molecule has 2 fully saturated rings. The number of benzene rings is 1. The van der Waals surface area contributed by atoms with Gasteiger partial charge in [-0.3, -0.25) is 4.79 Å². The van der Waals surface area contributed by atoms with Crippen LogP contribution in [0.5, 0.6) is 11.5 Å². The largest absolute Gasteiger partial charge is 0.496 e. The fourth-order valence-electron chi connectivity index (χ4n) is 3.63. The third kappa shape index (κ3) is 2.52. The SMILES string of the molecule is COc1cccc(OC)c1C(=O)N1C2CCC1CC(Br)C2. The average molecular weight is 354 g/mol. The van der Waals surface area contributed by atoms with E-state index in [1.54, 1.807) is 14.2 Å². The van der Waals surface area contributed by atoms with E-state index in [1.165, 1.54) is 0 Å². The predicted octanol–water partition coefficient (Wildman–Crippen LogP) is 3.23. The summed E-state index contributed by atoms with van der Waals surface area (Å²) in [5.74, 6) is 1.20. The first-order valence-corrected chi connectivity index (χ1v) is 8.25. The molecule has 2 unspecified atom stereocenters. The van der Waals surface area contributed by atoms with Gasteiger partial charge in [-0.25, -0.2) is 0 Å². The molecule has 21 heavy (non-hydrogen) atoms. The van der Waals surface area contributed by atoms with E-state index in [2.05, 4.69) is 20.8 Å². The molecule has 1 amide bonds. The van der Waals surface area contributed by atoms with Crippen LogP contribution in [-0.2, 0) is 0 Å². The van der Waals surface area contributed by atoms with Crippen molar-refractivity contribution in [2.75, 3.05) is 14.2 Å². The Labute approximate surface area is 133 Å². The van der Waals surface area contributed by atoms with Gasteiger partial charge in [-0.1, -0.05) is 22.0 Å². The lowest BCUT2D eigenvalue weighted by atomic mass is 10.0. The molecule has 0 aromatic heterocycles. The molecular formula is C16H20BrNO3. The number of piperidine rings is 1. The molecule has 2 heterocycles. The Hall–Kier alpha value is -1.23. The van der Waals surface area contributed by atoms with E-state index in [9.17, 15) is 4.79 Å². The second-order valence-electron chi connectivity index (χ2n) is 5.70. The van der Waals surface area contributed by atoms with E-state index in [0.29, 0.717) is 34.0 Å². The van der Waals surface area contributed by atoms with Crippen molar-refractivity contribution in [3.05, 3.63) is 23.8 Å². The normalized spacial score (nSPS) is 27.6. The Bertz CT molecular complexity index is 512. The molecule has 0 saturated carbocycles. The van der Waals surface area contributed by atoms with Crippen molar-refractivity contribution in [2.24, 2.45) is 0 Å². The van der Waals surface area contributed by atoms with E-state index in [1.807, 2.05) is 18.2 Å². The van der Waals surface area contributed by atoms with Gasteiger partial charge in [0.05, 0.1) is 14.2 Å². The van der Waals surface area contributed by atoms with Gasteiger partial charge >= 0.3 is 0 Å². The number of carbonyl (C=O) groups is 1.